The molecule has 4 heteroatoms. The number of hydrogen-bond donors (Lipinski definition) is 0. The summed E-state index contributed by atoms with van der Waals surface area (Å²) in [4.78, 5) is 1.59. The zero-order valence-corrected chi connectivity index (χ0v) is 13.5. The lowest BCUT2D eigenvalue weighted by Crippen LogP contribution is -2.35. The van der Waals surface area contributed by atoms with E-state index in [0.717, 1.165) is 5.75 Å². The topological polar surface area (TPSA) is 9.23 Å². The Morgan fingerprint density at radius 3 is 1.93 bits per heavy atom. The zero-order valence-electron chi connectivity index (χ0n) is 10.6. The van der Waals surface area contributed by atoms with Gasteiger partial charge in [-0.2, -0.15) is 0 Å². The van der Waals surface area contributed by atoms with E-state index >= 15 is 0 Å². The van der Waals surface area contributed by atoms with Crippen molar-refractivity contribution < 1.29 is 4.43 Å². The third kappa shape index (κ3) is 4.50. The summed E-state index contributed by atoms with van der Waals surface area (Å²) in [5.41, 5.74) is 0. The summed E-state index contributed by atoms with van der Waals surface area (Å²) >= 11 is 0. The Balaban J connectivity index is 2.82. The largest absolute Gasteiger partial charge is 0.544 e. The van der Waals surface area contributed by atoms with Crippen LogP contribution in [-0.4, -0.2) is 16.4 Å². The Kier molecular flexibility index (Phi) is 3.80. The Morgan fingerprint density at radius 2 is 1.60 bits per heavy atom. The van der Waals surface area contributed by atoms with Crippen molar-refractivity contribution in [3.8, 4) is 5.75 Å². The van der Waals surface area contributed by atoms with Crippen LogP contribution in [0.5, 0.6) is 5.75 Å². The molecule has 1 aromatic rings. The fourth-order valence-electron chi connectivity index (χ4n) is 1.24. The van der Waals surface area contributed by atoms with E-state index in [9.17, 15) is 0 Å². The Labute approximate surface area is 97.1 Å². The molecule has 0 atom stereocenters. The summed E-state index contributed by atoms with van der Waals surface area (Å²) in [5, 5.41) is 0. The van der Waals surface area contributed by atoms with Crippen molar-refractivity contribution >= 4 is 29.5 Å². The van der Waals surface area contributed by atoms with Crippen molar-refractivity contribution in [3.05, 3.63) is 17.9 Å². The lowest BCUT2D eigenvalue weighted by Gasteiger charge is -2.20. The van der Waals surface area contributed by atoms with Crippen molar-refractivity contribution in [1.82, 2.24) is 0 Å². The quantitative estimate of drug-likeness (QED) is 0.742. The molecule has 0 aliphatic heterocycles. The zero-order chi connectivity index (χ0) is 11.7. The Morgan fingerprint density at radius 1 is 1.00 bits per heavy atom. The second-order valence-corrected chi connectivity index (χ2v) is 16.7. The average Bonchev–Trinajstić information content (AvgIpc) is 2.00. The van der Waals surface area contributed by atoms with Crippen LogP contribution in [0.15, 0.2) is 17.9 Å². The maximum Gasteiger partial charge on any atom is 0.242 e. The van der Waals surface area contributed by atoms with E-state index < -0.39 is 16.4 Å². The molecule has 0 N–H and O–H groups in total. The van der Waals surface area contributed by atoms with Crippen LogP contribution in [0.3, 0.4) is 0 Å². The van der Waals surface area contributed by atoms with Gasteiger partial charge >= 0.3 is 0 Å². The molecule has 0 radical (unpaired) electrons. The Hall–Kier alpha value is -0.116. The van der Waals surface area contributed by atoms with Crippen LogP contribution in [0, 0.1) is 0 Å². The van der Waals surface area contributed by atoms with Crippen LogP contribution >= 0.6 is 8.19 Å². The molecule has 15 heavy (non-hydrogen) atoms. The first-order chi connectivity index (χ1) is 6.68. The summed E-state index contributed by atoms with van der Waals surface area (Å²) in [6.07, 6.45) is 0. The molecule has 0 aliphatic carbocycles. The third-order valence-electron chi connectivity index (χ3n) is 1.93. The highest BCUT2D eigenvalue weighted by molar-refractivity contribution is 7.40. The molecule has 1 nitrogen and oxygen atoms in total. The van der Waals surface area contributed by atoms with Crippen LogP contribution < -0.4 is 9.34 Å². The molecule has 0 saturated carbocycles. The average molecular weight is 256 g/mol. The maximum atomic E-state index is 5.95. The van der Waals surface area contributed by atoms with Crippen LogP contribution in [0.2, 0.25) is 39.3 Å². The normalized spacial score (nSPS) is 13.2. The van der Waals surface area contributed by atoms with Gasteiger partial charge in [-0.15, -0.1) is 0 Å². The monoisotopic (exact) mass is 256 g/mol. The van der Waals surface area contributed by atoms with Crippen LogP contribution in [0.1, 0.15) is 0 Å². The summed E-state index contributed by atoms with van der Waals surface area (Å²) in [7, 11) is -1.21. The first kappa shape index (κ1) is 13.0. The first-order valence-corrected chi connectivity index (χ1v) is 13.2. The van der Waals surface area contributed by atoms with Crippen molar-refractivity contribution in [3.63, 3.8) is 0 Å². The van der Waals surface area contributed by atoms with Crippen LogP contribution in [-0.2, 0) is 0 Å². The SMILES string of the molecule is C[Si](C)(C)Oc1ccc([Si](C)(C)C)pc1. The molecule has 0 aliphatic rings. The van der Waals surface area contributed by atoms with Gasteiger partial charge in [0.25, 0.3) is 0 Å². The van der Waals surface area contributed by atoms with E-state index in [1.54, 1.807) is 4.92 Å². The minimum atomic E-state index is -1.43. The van der Waals surface area contributed by atoms with E-state index in [4.69, 9.17) is 4.43 Å². The van der Waals surface area contributed by atoms with E-state index in [1.807, 2.05) is 0 Å². The van der Waals surface area contributed by atoms with Gasteiger partial charge in [0.05, 0.1) is 8.07 Å². The van der Waals surface area contributed by atoms with Gasteiger partial charge in [-0.05, 0) is 30.6 Å². The molecular weight excluding hydrogens is 235 g/mol. The maximum absolute atomic E-state index is 5.95. The van der Waals surface area contributed by atoms with E-state index in [2.05, 4.69) is 57.2 Å². The van der Waals surface area contributed by atoms with E-state index in [1.165, 1.54) is 8.19 Å². The molecule has 0 fully saturated rings. The molecule has 1 rings (SSSR count). The van der Waals surface area contributed by atoms with E-state index in [-0.39, 0.29) is 0 Å². The fourth-order valence-corrected chi connectivity index (χ4v) is 5.06. The van der Waals surface area contributed by atoms with E-state index in [0.29, 0.717) is 0 Å². The third-order valence-corrected chi connectivity index (χ3v) is 7.69. The summed E-state index contributed by atoms with van der Waals surface area (Å²) < 4.78 is 5.95. The fraction of sp³-hybridized carbons (Fsp3) is 0.545. The molecule has 0 saturated heterocycles. The Bertz CT molecular complexity index is 322. The van der Waals surface area contributed by atoms with Gasteiger partial charge in [0, 0.05) is 5.80 Å². The number of hydrogen-bond acceptors (Lipinski definition) is 1. The lowest BCUT2D eigenvalue weighted by atomic mass is 10.5. The lowest BCUT2D eigenvalue weighted by molar-refractivity contribution is 0.560. The van der Waals surface area contributed by atoms with Gasteiger partial charge in [0.1, 0.15) is 5.75 Å². The van der Waals surface area contributed by atoms with Gasteiger partial charge in [-0.3, -0.25) is 0 Å². The molecule has 0 bridgehead atoms. The van der Waals surface area contributed by atoms with Crippen molar-refractivity contribution in [2.24, 2.45) is 0 Å². The smallest absolute Gasteiger partial charge is 0.242 e. The molecule has 1 aromatic heterocycles. The van der Waals surface area contributed by atoms with Gasteiger partial charge < -0.3 is 4.43 Å². The molecule has 1 heterocycles. The van der Waals surface area contributed by atoms with Crippen molar-refractivity contribution in [2.75, 3.05) is 0 Å². The highest BCUT2D eigenvalue weighted by atomic mass is 31.0. The standard InChI is InChI=1S/C11H21OPSi2/c1-14(2,3)11-8-7-10(9-13-11)12-15(4,5)6/h7-9H,1-6H3. The summed E-state index contributed by atoms with van der Waals surface area (Å²) in [5.74, 6) is 3.28. The van der Waals surface area contributed by atoms with Gasteiger partial charge in [-0.25, -0.2) is 0 Å². The highest BCUT2D eigenvalue weighted by Gasteiger charge is 2.19. The van der Waals surface area contributed by atoms with Crippen molar-refractivity contribution in [1.29, 1.82) is 0 Å². The minimum absolute atomic E-state index is 1.07. The second-order valence-electron chi connectivity index (χ2n) is 5.84. The molecule has 0 spiro atoms. The number of rotatable bonds is 3. The predicted octanol–water partition coefficient (Wildman–Crippen LogP) is 4.03. The van der Waals surface area contributed by atoms with Gasteiger partial charge in [0.15, 0.2) is 0 Å². The molecule has 84 valence electrons. The second kappa shape index (κ2) is 4.40. The van der Waals surface area contributed by atoms with Gasteiger partial charge in [0.2, 0.25) is 8.32 Å². The molecular formula is C11H21OPSi2. The first-order valence-electron chi connectivity index (χ1n) is 5.34. The van der Waals surface area contributed by atoms with Gasteiger partial charge in [-0.1, -0.05) is 33.9 Å². The molecule has 0 amide bonds. The van der Waals surface area contributed by atoms with Crippen LogP contribution in [0.25, 0.3) is 0 Å². The summed E-state index contributed by atoms with van der Waals surface area (Å²) in [6, 6.07) is 4.41. The van der Waals surface area contributed by atoms with Crippen LogP contribution in [0.4, 0.5) is 0 Å². The summed E-state index contributed by atoms with van der Waals surface area (Å²) in [6.45, 7) is 13.8. The molecule has 0 aromatic carbocycles. The van der Waals surface area contributed by atoms with Crippen molar-refractivity contribution in [2.45, 2.75) is 39.3 Å². The predicted molar refractivity (Wildman–Crippen MR) is 75.9 cm³/mol. The highest BCUT2D eigenvalue weighted by Crippen LogP contribution is 2.21. The molecule has 0 unspecified atom stereocenters. The minimum Gasteiger partial charge on any atom is -0.544 e.